The van der Waals surface area contributed by atoms with Gasteiger partial charge in [-0.2, -0.15) is 0 Å². The van der Waals surface area contributed by atoms with Gasteiger partial charge in [-0.25, -0.2) is 8.78 Å². The molecule has 0 heterocycles. The smallest absolute Gasteiger partial charge is 0.242 e. The number of halogens is 2. The zero-order valence-electron chi connectivity index (χ0n) is 10.9. The normalized spacial score (nSPS) is 10.2. The Morgan fingerprint density at radius 3 is 2.40 bits per heavy atom. The van der Waals surface area contributed by atoms with E-state index in [1.807, 2.05) is 31.2 Å². The van der Waals surface area contributed by atoms with Gasteiger partial charge in [-0.05, 0) is 36.2 Å². The Labute approximate surface area is 115 Å². The van der Waals surface area contributed by atoms with E-state index in [0.29, 0.717) is 0 Å². The second-order valence-electron chi connectivity index (χ2n) is 4.44. The number of hydrogen-bond donors (Lipinski definition) is 2. The SMILES string of the molecule is Cc1ccccc1NNC(=O)Cc1cc(F)cc(F)c1. The lowest BCUT2D eigenvalue weighted by Crippen LogP contribution is -2.31. The first-order valence-corrected chi connectivity index (χ1v) is 6.10. The van der Waals surface area contributed by atoms with Crippen molar-refractivity contribution in [3.63, 3.8) is 0 Å². The first-order chi connectivity index (χ1) is 9.54. The molecule has 0 unspecified atom stereocenters. The minimum atomic E-state index is -0.695. The van der Waals surface area contributed by atoms with Crippen molar-refractivity contribution < 1.29 is 13.6 Å². The molecular weight excluding hydrogens is 262 g/mol. The summed E-state index contributed by atoms with van der Waals surface area (Å²) in [5, 5.41) is 0. The number of hydrogen-bond acceptors (Lipinski definition) is 2. The summed E-state index contributed by atoms with van der Waals surface area (Å²) in [6.45, 7) is 1.90. The summed E-state index contributed by atoms with van der Waals surface area (Å²) in [5.41, 5.74) is 7.30. The van der Waals surface area contributed by atoms with Crippen molar-refractivity contribution in [2.45, 2.75) is 13.3 Å². The predicted octanol–water partition coefficient (Wildman–Crippen LogP) is 2.96. The molecule has 0 aromatic heterocycles. The van der Waals surface area contributed by atoms with Gasteiger partial charge < -0.3 is 0 Å². The maximum atomic E-state index is 13.0. The Bertz CT molecular complexity index is 609. The number of aryl methyl sites for hydroxylation is 1. The number of para-hydroxylation sites is 1. The summed E-state index contributed by atoms with van der Waals surface area (Å²) in [7, 11) is 0. The van der Waals surface area contributed by atoms with E-state index in [-0.39, 0.29) is 17.9 Å². The molecule has 0 atom stereocenters. The molecule has 0 aliphatic heterocycles. The molecule has 2 rings (SSSR count). The summed E-state index contributed by atoms with van der Waals surface area (Å²) >= 11 is 0. The number of carbonyl (C=O) groups excluding carboxylic acids is 1. The van der Waals surface area contributed by atoms with Gasteiger partial charge in [-0.15, -0.1) is 0 Å². The fraction of sp³-hybridized carbons (Fsp3) is 0.133. The monoisotopic (exact) mass is 276 g/mol. The number of nitrogens with one attached hydrogen (secondary N) is 2. The van der Waals surface area contributed by atoms with Crippen LogP contribution in [0.25, 0.3) is 0 Å². The fourth-order valence-electron chi connectivity index (χ4n) is 1.79. The van der Waals surface area contributed by atoms with Crippen molar-refractivity contribution in [1.29, 1.82) is 0 Å². The third-order valence-corrected chi connectivity index (χ3v) is 2.77. The molecule has 3 nitrogen and oxygen atoms in total. The molecule has 0 saturated carbocycles. The quantitative estimate of drug-likeness (QED) is 0.843. The molecule has 0 aliphatic carbocycles. The van der Waals surface area contributed by atoms with Crippen LogP contribution in [0.1, 0.15) is 11.1 Å². The molecule has 1 amide bonds. The Morgan fingerprint density at radius 2 is 1.75 bits per heavy atom. The summed E-state index contributed by atoms with van der Waals surface area (Å²) < 4.78 is 26.0. The van der Waals surface area contributed by atoms with Gasteiger partial charge in [-0.3, -0.25) is 15.6 Å². The van der Waals surface area contributed by atoms with Gasteiger partial charge in [0, 0.05) is 6.07 Å². The molecular formula is C15H14F2N2O. The van der Waals surface area contributed by atoms with Crippen molar-refractivity contribution in [2.24, 2.45) is 0 Å². The van der Waals surface area contributed by atoms with E-state index < -0.39 is 11.6 Å². The minimum absolute atomic E-state index is 0.104. The molecule has 0 aliphatic rings. The third-order valence-electron chi connectivity index (χ3n) is 2.77. The zero-order chi connectivity index (χ0) is 14.5. The molecule has 2 aromatic rings. The highest BCUT2D eigenvalue weighted by Crippen LogP contribution is 2.12. The lowest BCUT2D eigenvalue weighted by molar-refractivity contribution is -0.119. The molecule has 0 fully saturated rings. The number of benzene rings is 2. The lowest BCUT2D eigenvalue weighted by Gasteiger charge is -2.10. The largest absolute Gasteiger partial charge is 0.298 e. The first kappa shape index (κ1) is 14.0. The van der Waals surface area contributed by atoms with Crippen molar-refractivity contribution >= 4 is 11.6 Å². The Balaban J connectivity index is 1.94. The first-order valence-electron chi connectivity index (χ1n) is 6.10. The third kappa shape index (κ3) is 3.78. The topological polar surface area (TPSA) is 41.1 Å². The maximum absolute atomic E-state index is 13.0. The molecule has 0 spiro atoms. The predicted molar refractivity (Wildman–Crippen MR) is 73.0 cm³/mol. The van der Waals surface area contributed by atoms with E-state index in [2.05, 4.69) is 10.9 Å². The van der Waals surface area contributed by atoms with Gasteiger partial charge in [0.2, 0.25) is 5.91 Å². The highest BCUT2D eigenvalue weighted by atomic mass is 19.1. The summed E-state index contributed by atoms with van der Waals surface area (Å²) in [6.07, 6.45) is -0.104. The molecule has 0 radical (unpaired) electrons. The van der Waals surface area contributed by atoms with Crippen LogP contribution in [0.4, 0.5) is 14.5 Å². The van der Waals surface area contributed by atoms with E-state index >= 15 is 0 Å². The van der Waals surface area contributed by atoms with Crippen LogP contribution in [0, 0.1) is 18.6 Å². The highest BCUT2D eigenvalue weighted by Gasteiger charge is 2.06. The number of anilines is 1. The molecule has 0 saturated heterocycles. The van der Waals surface area contributed by atoms with E-state index in [9.17, 15) is 13.6 Å². The molecule has 104 valence electrons. The van der Waals surface area contributed by atoms with Crippen molar-refractivity contribution in [1.82, 2.24) is 5.43 Å². The van der Waals surface area contributed by atoms with Crippen LogP contribution >= 0.6 is 0 Å². The fourth-order valence-corrected chi connectivity index (χ4v) is 1.79. The summed E-state index contributed by atoms with van der Waals surface area (Å²) in [6, 6.07) is 10.5. The van der Waals surface area contributed by atoms with Gasteiger partial charge in [0.1, 0.15) is 11.6 Å². The molecule has 2 aromatic carbocycles. The summed E-state index contributed by atoms with van der Waals surface area (Å²) in [5.74, 6) is -1.77. The standard InChI is InChI=1S/C15H14F2N2O/c1-10-4-2-3-5-14(10)18-19-15(20)8-11-6-12(16)9-13(17)7-11/h2-7,9,18H,8H2,1H3,(H,19,20). The number of carbonyl (C=O) groups is 1. The van der Waals surface area contributed by atoms with Crippen LogP contribution in [0.15, 0.2) is 42.5 Å². The Hall–Kier alpha value is -2.43. The van der Waals surface area contributed by atoms with Crippen LogP contribution in [0.5, 0.6) is 0 Å². The highest BCUT2D eigenvalue weighted by molar-refractivity contribution is 5.80. The maximum Gasteiger partial charge on any atom is 0.242 e. The minimum Gasteiger partial charge on any atom is -0.298 e. The second-order valence-corrected chi connectivity index (χ2v) is 4.44. The van der Waals surface area contributed by atoms with Gasteiger partial charge in [0.25, 0.3) is 0 Å². The second kappa shape index (κ2) is 6.14. The average Bonchev–Trinajstić information content (AvgIpc) is 2.36. The number of amides is 1. The van der Waals surface area contributed by atoms with Gasteiger partial charge in [0.05, 0.1) is 12.1 Å². The van der Waals surface area contributed by atoms with Gasteiger partial charge in [-0.1, -0.05) is 18.2 Å². The van der Waals surface area contributed by atoms with Crippen molar-refractivity contribution in [3.05, 3.63) is 65.2 Å². The number of rotatable bonds is 4. The van der Waals surface area contributed by atoms with Crippen LogP contribution < -0.4 is 10.9 Å². The van der Waals surface area contributed by atoms with E-state index in [0.717, 1.165) is 29.4 Å². The molecule has 20 heavy (non-hydrogen) atoms. The van der Waals surface area contributed by atoms with Crippen molar-refractivity contribution in [2.75, 3.05) is 5.43 Å². The van der Waals surface area contributed by atoms with Gasteiger partial charge >= 0.3 is 0 Å². The molecule has 0 bridgehead atoms. The lowest BCUT2D eigenvalue weighted by atomic mass is 10.1. The van der Waals surface area contributed by atoms with E-state index in [4.69, 9.17) is 0 Å². The molecule has 2 N–H and O–H groups in total. The Kier molecular flexibility index (Phi) is 4.30. The van der Waals surface area contributed by atoms with Crippen LogP contribution in [0.3, 0.4) is 0 Å². The average molecular weight is 276 g/mol. The van der Waals surface area contributed by atoms with Crippen LogP contribution in [0.2, 0.25) is 0 Å². The molecule has 5 heteroatoms. The Morgan fingerprint density at radius 1 is 1.10 bits per heavy atom. The van der Waals surface area contributed by atoms with E-state index in [1.54, 1.807) is 0 Å². The van der Waals surface area contributed by atoms with Crippen molar-refractivity contribution in [3.8, 4) is 0 Å². The number of hydrazine groups is 1. The van der Waals surface area contributed by atoms with Crippen LogP contribution in [-0.2, 0) is 11.2 Å². The zero-order valence-corrected chi connectivity index (χ0v) is 10.9. The van der Waals surface area contributed by atoms with Gasteiger partial charge in [0.15, 0.2) is 0 Å². The van der Waals surface area contributed by atoms with E-state index in [1.165, 1.54) is 0 Å². The van der Waals surface area contributed by atoms with Crippen LogP contribution in [-0.4, -0.2) is 5.91 Å². The summed E-state index contributed by atoms with van der Waals surface area (Å²) in [4.78, 5) is 11.7.